The van der Waals surface area contributed by atoms with Crippen molar-refractivity contribution in [2.45, 2.75) is 25.8 Å². The van der Waals surface area contributed by atoms with Gasteiger partial charge in [-0.05, 0) is 47.2 Å². The van der Waals surface area contributed by atoms with Crippen LogP contribution in [0.2, 0.25) is 0 Å². The predicted octanol–water partition coefficient (Wildman–Crippen LogP) is 4.79. The van der Waals surface area contributed by atoms with Gasteiger partial charge in [0.05, 0.1) is 56.2 Å². The fourth-order valence-electron chi connectivity index (χ4n) is 5.46. The van der Waals surface area contributed by atoms with Crippen molar-refractivity contribution in [1.29, 1.82) is 5.26 Å². The number of carbonyl (C=O) groups excluding carboxylic acids is 2. The molecule has 234 valence electrons. The molecule has 0 spiro atoms. The zero-order valence-corrected chi connectivity index (χ0v) is 26.4. The Labute approximate surface area is 270 Å². The van der Waals surface area contributed by atoms with Crippen LogP contribution < -0.4 is 20.9 Å². The van der Waals surface area contributed by atoms with Crippen LogP contribution in [0.5, 0.6) is 5.75 Å². The van der Waals surface area contributed by atoms with Crippen molar-refractivity contribution in [2.24, 2.45) is 5.73 Å². The van der Waals surface area contributed by atoms with Crippen molar-refractivity contribution in [3.63, 3.8) is 0 Å². The number of nitrogens with zero attached hydrogens (tertiary/aromatic N) is 3. The highest BCUT2D eigenvalue weighted by Crippen LogP contribution is 2.44. The Morgan fingerprint density at radius 1 is 1.00 bits per heavy atom. The Hall–Kier alpha value is -5.60. The van der Waals surface area contributed by atoms with Gasteiger partial charge in [0.15, 0.2) is 0 Å². The van der Waals surface area contributed by atoms with E-state index in [-0.39, 0.29) is 34.8 Å². The Morgan fingerprint density at radius 3 is 2.41 bits per heavy atom. The van der Waals surface area contributed by atoms with Crippen LogP contribution in [-0.2, 0) is 32.0 Å². The fourth-order valence-corrected chi connectivity index (χ4v) is 6.16. The smallest absolute Gasteiger partial charge is 0.355 e. The summed E-state index contributed by atoms with van der Waals surface area (Å²) in [6, 6.07) is 23.5. The van der Waals surface area contributed by atoms with Crippen LogP contribution in [-0.4, -0.2) is 37.3 Å². The van der Waals surface area contributed by atoms with Crippen LogP contribution in [0.1, 0.15) is 27.5 Å². The van der Waals surface area contributed by atoms with Gasteiger partial charge in [-0.2, -0.15) is 5.26 Å². The minimum Gasteiger partial charge on any atom is -0.493 e. The average molecular weight is 637 g/mol. The van der Waals surface area contributed by atoms with Crippen LogP contribution in [0.15, 0.2) is 112 Å². The molecule has 1 aliphatic heterocycles. The number of esters is 2. The maximum absolute atomic E-state index is 13.5. The van der Waals surface area contributed by atoms with Crippen molar-refractivity contribution in [2.75, 3.05) is 25.7 Å². The first-order valence-electron chi connectivity index (χ1n) is 14.4. The first kappa shape index (κ1) is 31.8. The van der Waals surface area contributed by atoms with Gasteiger partial charge in [0.1, 0.15) is 17.3 Å². The Balaban J connectivity index is 1.54. The number of benzene rings is 2. The van der Waals surface area contributed by atoms with Crippen LogP contribution in [0.4, 0.5) is 5.69 Å². The van der Waals surface area contributed by atoms with Crippen molar-refractivity contribution in [1.82, 2.24) is 4.57 Å². The lowest BCUT2D eigenvalue weighted by Gasteiger charge is -2.36. The van der Waals surface area contributed by atoms with Crippen molar-refractivity contribution >= 4 is 29.0 Å². The number of hydrogen-bond donors (Lipinski definition) is 1. The number of rotatable bonds is 10. The number of nitriles is 1. The summed E-state index contributed by atoms with van der Waals surface area (Å²) >= 11 is 1.66. The standard InChI is InChI=1S/C35H32N4O6S/c1-22-24(21-38-16-14-25(19-29(38)40)45-17-15-26-12-8-18-46-26)11-7-13-28(22)39-32(35(42)44-3)31(34(41)43-2)30(27(20-36)33(39)37)23-9-5-4-6-10-23/h4-14,16,18-19,30H,15,17,21,37H2,1-3H3. The zero-order chi connectivity index (χ0) is 32.8. The molecule has 1 atom stereocenters. The quantitative estimate of drug-likeness (QED) is 0.244. The minimum atomic E-state index is -0.975. The number of nitrogens with two attached hydrogens (primary N) is 1. The van der Waals surface area contributed by atoms with E-state index in [4.69, 9.17) is 19.9 Å². The Kier molecular flexibility index (Phi) is 9.69. The van der Waals surface area contributed by atoms with Gasteiger partial charge in [0, 0.05) is 23.6 Å². The molecular formula is C35H32N4O6S. The summed E-state index contributed by atoms with van der Waals surface area (Å²) in [4.78, 5) is 42.5. The van der Waals surface area contributed by atoms with Crippen molar-refractivity contribution in [3.8, 4) is 11.8 Å². The first-order chi connectivity index (χ1) is 22.3. The van der Waals surface area contributed by atoms with E-state index in [0.717, 1.165) is 12.0 Å². The zero-order valence-electron chi connectivity index (χ0n) is 25.6. The van der Waals surface area contributed by atoms with Crippen molar-refractivity contribution in [3.05, 3.63) is 139 Å². The van der Waals surface area contributed by atoms with Gasteiger partial charge < -0.3 is 24.5 Å². The second kappa shape index (κ2) is 14.0. The summed E-state index contributed by atoms with van der Waals surface area (Å²) < 4.78 is 17.6. The molecule has 5 rings (SSSR count). The lowest BCUT2D eigenvalue weighted by molar-refractivity contribution is -0.139. The van der Waals surface area contributed by atoms with Gasteiger partial charge >= 0.3 is 11.9 Å². The molecule has 2 aromatic heterocycles. The molecule has 11 heteroatoms. The van der Waals surface area contributed by atoms with Crippen LogP contribution in [0, 0.1) is 18.3 Å². The number of carbonyl (C=O) groups is 2. The SMILES string of the molecule is COC(=O)C1=C(C(=O)OC)N(c2cccc(Cn3ccc(OCCc4cccs4)cc3=O)c2C)C(N)=C(C#N)C1c1ccccc1. The number of allylic oxidation sites excluding steroid dienone is 1. The maximum Gasteiger partial charge on any atom is 0.355 e. The molecule has 3 heterocycles. The second-order valence-electron chi connectivity index (χ2n) is 10.4. The molecular weight excluding hydrogens is 604 g/mol. The largest absolute Gasteiger partial charge is 0.493 e. The molecule has 1 unspecified atom stereocenters. The number of hydrogen-bond acceptors (Lipinski definition) is 10. The minimum absolute atomic E-state index is 0.0362. The lowest BCUT2D eigenvalue weighted by Crippen LogP contribution is -2.41. The second-order valence-corrected chi connectivity index (χ2v) is 11.4. The van der Waals surface area contributed by atoms with E-state index in [1.165, 1.54) is 34.6 Å². The summed E-state index contributed by atoms with van der Waals surface area (Å²) in [7, 11) is 2.40. The monoisotopic (exact) mass is 636 g/mol. The number of aromatic nitrogens is 1. The molecule has 0 aliphatic carbocycles. The molecule has 0 saturated carbocycles. The number of anilines is 1. The molecule has 46 heavy (non-hydrogen) atoms. The van der Waals surface area contributed by atoms with E-state index < -0.39 is 17.9 Å². The molecule has 0 fully saturated rings. The third kappa shape index (κ3) is 6.29. The highest BCUT2D eigenvalue weighted by Gasteiger charge is 2.43. The third-order valence-electron chi connectivity index (χ3n) is 7.77. The highest BCUT2D eigenvalue weighted by atomic mass is 32.1. The van der Waals surface area contributed by atoms with E-state index in [1.54, 1.807) is 66.1 Å². The lowest BCUT2D eigenvalue weighted by atomic mass is 9.80. The summed E-state index contributed by atoms with van der Waals surface area (Å²) in [5.74, 6) is -2.17. The summed E-state index contributed by atoms with van der Waals surface area (Å²) in [6.45, 7) is 2.47. The number of pyridine rings is 1. The summed E-state index contributed by atoms with van der Waals surface area (Å²) in [5.41, 5.74) is 8.66. The molecule has 0 saturated heterocycles. The van der Waals surface area contributed by atoms with E-state index in [2.05, 4.69) is 6.07 Å². The summed E-state index contributed by atoms with van der Waals surface area (Å²) in [5, 5.41) is 12.3. The van der Waals surface area contributed by atoms with Crippen LogP contribution >= 0.6 is 11.3 Å². The Morgan fingerprint density at radius 2 is 1.76 bits per heavy atom. The molecule has 10 nitrogen and oxygen atoms in total. The Bertz CT molecular complexity index is 1920. The van der Waals surface area contributed by atoms with Gasteiger partial charge in [-0.15, -0.1) is 11.3 Å². The first-order valence-corrected chi connectivity index (χ1v) is 15.3. The number of methoxy groups -OCH3 is 2. The van der Waals surface area contributed by atoms with Gasteiger partial charge in [-0.1, -0.05) is 48.5 Å². The molecule has 2 aromatic carbocycles. The number of ether oxygens (including phenoxy) is 3. The van der Waals surface area contributed by atoms with E-state index >= 15 is 0 Å². The van der Waals surface area contributed by atoms with Gasteiger partial charge in [-0.3, -0.25) is 9.69 Å². The molecule has 0 amide bonds. The van der Waals surface area contributed by atoms with E-state index in [0.29, 0.717) is 29.2 Å². The third-order valence-corrected chi connectivity index (χ3v) is 8.71. The molecule has 0 radical (unpaired) electrons. The molecule has 4 aromatic rings. The van der Waals surface area contributed by atoms with E-state index in [9.17, 15) is 19.6 Å². The molecule has 1 aliphatic rings. The normalized spacial score (nSPS) is 14.6. The maximum atomic E-state index is 13.5. The van der Waals surface area contributed by atoms with Crippen molar-refractivity contribution < 1.29 is 23.8 Å². The van der Waals surface area contributed by atoms with Gasteiger partial charge in [-0.25, -0.2) is 9.59 Å². The fraction of sp³-hybridized carbons (Fsp3) is 0.200. The average Bonchev–Trinajstić information content (AvgIpc) is 3.59. The van der Waals surface area contributed by atoms with Gasteiger partial charge in [0.25, 0.3) is 5.56 Å². The van der Waals surface area contributed by atoms with E-state index in [1.807, 2.05) is 30.5 Å². The molecule has 0 bridgehead atoms. The van der Waals surface area contributed by atoms with Crippen LogP contribution in [0.3, 0.4) is 0 Å². The van der Waals surface area contributed by atoms with Crippen LogP contribution in [0.25, 0.3) is 0 Å². The predicted molar refractivity (Wildman–Crippen MR) is 174 cm³/mol. The molecule has 2 N–H and O–H groups in total. The highest BCUT2D eigenvalue weighted by molar-refractivity contribution is 7.09. The number of thiophene rings is 1. The van der Waals surface area contributed by atoms with Gasteiger partial charge in [0.2, 0.25) is 0 Å². The topological polar surface area (TPSA) is 137 Å². The summed E-state index contributed by atoms with van der Waals surface area (Å²) in [6.07, 6.45) is 2.41.